The summed E-state index contributed by atoms with van der Waals surface area (Å²) in [6.45, 7) is 12.4. The third-order valence-electron chi connectivity index (χ3n) is 5.24. The van der Waals surface area contributed by atoms with Crippen LogP contribution in [0.3, 0.4) is 0 Å². The van der Waals surface area contributed by atoms with Gasteiger partial charge < -0.3 is 9.47 Å². The van der Waals surface area contributed by atoms with Crippen molar-refractivity contribution >= 4 is 0 Å². The summed E-state index contributed by atoms with van der Waals surface area (Å²) in [5, 5.41) is 0. The van der Waals surface area contributed by atoms with Gasteiger partial charge in [-0.2, -0.15) is 0 Å². The van der Waals surface area contributed by atoms with Gasteiger partial charge in [-0.15, -0.1) is 0 Å². The fraction of sp³-hybridized carbons (Fsp3) is 0.478. The van der Waals surface area contributed by atoms with E-state index in [1.54, 1.807) is 0 Å². The second-order valence-corrected chi connectivity index (χ2v) is 7.88. The zero-order valence-electron chi connectivity index (χ0n) is 16.4. The molecule has 3 nitrogen and oxygen atoms in total. The van der Waals surface area contributed by atoms with Crippen molar-refractivity contribution in [2.45, 2.75) is 45.3 Å². The molecule has 140 valence electrons. The van der Waals surface area contributed by atoms with Crippen molar-refractivity contribution in [3.05, 3.63) is 65.7 Å². The van der Waals surface area contributed by atoms with Crippen molar-refractivity contribution in [1.82, 2.24) is 4.90 Å². The lowest BCUT2D eigenvalue weighted by atomic mass is 9.78. The highest BCUT2D eigenvalue weighted by Crippen LogP contribution is 2.32. The Balaban J connectivity index is 1.55. The van der Waals surface area contributed by atoms with Gasteiger partial charge in [-0.3, -0.25) is 4.90 Å². The molecule has 0 bridgehead atoms. The molecule has 0 radical (unpaired) electrons. The van der Waals surface area contributed by atoms with Crippen molar-refractivity contribution in [3.8, 4) is 5.75 Å². The maximum absolute atomic E-state index is 5.97. The summed E-state index contributed by atoms with van der Waals surface area (Å²) >= 11 is 0. The van der Waals surface area contributed by atoms with Gasteiger partial charge in [0.1, 0.15) is 12.4 Å². The van der Waals surface area contributed by atoms with E-state index in [4.69, 9.17) is 9.47 Å². The van der Waals surface area contributed by atoms with Crippen LogP contribution < -0.4 is 4.74 Å². The molecule has 2 atom stereocenters. The minimum atomic E-state index is -0.0140. The highest BCUT2D eigenvalue weighted by atomic mass is 16.5. The molecule has 0 saturated carbocycles. The highest BCUT2D eigenvalue weighted by Gasteiger charge is 2.23. The lowest BCUT2D eigenvalue weighted by Crippen LogP contribution is -2.46. The molecule has 0 aromatic heterocycles. The van der Waals surface area contributed by atoms with Gasteiger partial charge in [-0.05, 0) is 37.1 Å². The quantitative estimate of drug-likeness (QED) is 0.763. The topological polar surface area (TPSA) is 21.7 Å². The fourth-order valence-electron chi connectivity index (χ4n) is 3.75. The van der Waals surface area contributed by atoms with E-state index in [-0.39, 0.29) is 5.41 Å². The molecule has 2 aromatic rings. The van der Waals surface area contributed by atoms with Gasteiger partial charge in [0.25, 0.3) is 0 Å². The minimum absolute atomic E-state index is 0.0140. The zero-order valence-corrected chi connectivity index (χ0v) is 16.4. The smallest absolute Gasteiger partial charge is 0.119 e. The molecule has 0 aliphatic carbocycles. The molecule has 2 unspecified atom stereocenters. The van der Waals surface area contributed by atoms with Crippen molar-refractivity contribution < 1.29 is 9.47 Å². The second-order valence-electron chi connectivity index (χ2n) is 7.88. The summed E-state index contributed by atoms with van der Waals surface area (Å²) in [6.07, 6.45) is 0.608. The van der Waals surface area contributed by atoms with Crippen LogP contribution in [0, 0.1) is 0 Å². The van der Waals surface area contributed by atoms with Gasteiger partial charge in [0.05, 0.1) is 12.2 Å². The first kappa shape index (κ1) is 18.9. The summed E-state index contributed by atoms with van der Waals surface area (Å²) < 4.78 is 11.8. The Morgan fingerprint density at radius 2 is 1.50 bits per heavy atom. The first-order valence-corrected chi connectivity index (χ1v) is 9.62. The number of morpholine rings is 1. The molecule has 0 N–H and O–H groups in total. The molecular weight excluding hydrogens is 322 g/mol. The second kappa shape index (κ2) is 8.24. The summed E-state index contributed by atoms with van der Waals surface area (Å²) in [4.78, 5) is 2.42. The van der Waals surface area contributed by atoms with Crippen LogP contribution in [-0.2, 0) is 10.2 Å². The predicted octanol–water partition coefficient (Wildman–Crippen LogP) is 4.50. The molecule has 1 heterocycles. The maximum atomic E-state index is 5.97. The molecule has 26 heavy (non-hydrogen) atoms. The Kier molecular flexibility index (Phi) is 6.00. The van der Waals surface area contributed by atoms with Gasteiger partial charge in [0.15, 0.2) is 0 Å². The van der Waals surface area contributed by atoms with E-state index in [9.17, 15) is 0 Å². The largest absolute Gasteiger partial charge is 0.492 e. The number of benzene rings is 2. The van der Waals surface area contributed by atoms with Crippen LogP contribution in [-0.4, -0.2) is 43.3 Å². The van der Waals surface area contributed by atoms with E-state index in [1.807, 2.05) is 0 Å². The van der Waals surface area contributed by atoms with Crippen LogP contribution in [0.4, 0.5) is 0 Å². The van der Waals surface area contributed by atoms with E-state index < -0.39 is 0 Å². The first-order chi connectivity index (χ1) is 12.4. The Morgan fingerprint density at radius 1 is 0.923 bits per heavy atom. The van der Waals surface area contributed by atoms with E-state index in [0.29, 0.717) is 18.8 Å². The van der Waals surface area contributed by atoms with Crippen LogP contribution in [0.25, 0.3) is 0 Å². The summed E-state index contributed by atoms with van der Waals surface area (Å²) in [7, 11) is 0. The van der Waals surface area contributed by atoms with Gasteiger partial charge in [-0.1, -0.05) is 56.3 Å². The predicted molar refractivity (Wildman–Crippen MR) is 107 cm³/mol. The molecule has 0 spiro atoms. The van der Waals surface area contributed by atoms with Gasteiger partial charge in [0.2, 0.25) is 0 Å². The third kappa shape index (κ3) is 4.66. The summed E-state index contributed by atoms with van der Waals surface area (Å²) in [5.41, 5.74) is 2.61. The average Bonchev–Trinajstić information content (AvgIpc) is 2.62. The lowest BCUT2D eigenvalue weighted by molar-refractivity contribution is -0.0699. The van der Waals surface area contributed by atoms with Crippen molar-refractivity contribution in [1.29, 1.82) is 0 Å². The number of rotatable bonds is 6. The SMILES string of the molecule is CC1CN(CCOc2ccc(C(C)(C)c3ccccc3)cc2)CC(C)O1. The van der Waals surface area contributed by atoms with Crippen molar-refractivity contribution in [2.75, 3.05) is 26.2 Å². The van der Waals surface area contributed by atoms with Crippen LogP contribution in [0.5, 0.6) is 5.75 Å². The van der Waals surface area contributed by atoms with Crippen LogP contribution in [0.15, 0.2) is 54.6 Å². The molecule has 0 amide bonds. The van der Waals surface area contributed by atoms with Crippen LogP contribution >= 0.6 is 0 Å². The molecule has 1 aliphatic heterocycles. The Labute approximate surface area is 157 Å². The summed E-state index contributed by atoms with van der Waals surface area (Å²) in [6, 6.07) is 19.2. The molecule has 1 aliphatic rings. The molecule has 2 aromatic carbocycles. The number of nitrogens with zero attached hydrogens (tertiary/aromatic N) is 1. The van der Waals surface area contributed by atoms with Gasteiger partial charge >= 0.3 is 0 Å². The van der Waals surface area contributed by atoms with Crippen molar-refractivity contribution in [3.63, 3.8) is 0 Å². The Morgan fingerprint density at radius 3 is 2.12 bits per heavy atom. The summed E-state index contributed by atoms with van der Waals surface area (Å²) in [5.74, 6) is 0.937. The number of hydrogen-bond donors (Lipinski definition) is 0. The van der Waals surface area contributed by atoms with E-state index in [0.717, 1.165) is 25.4 Å². The van der Waals surface area contributed by atoms with Crippen LogP contribution in [0.2, 0.25) is 0 Å². The van der Waals surface area contributed by atoms with Gasteiger partial charge in [0, 0.05) is 25.0 Å². The minimum Gasteiger partial charge on any atom is -0.492 e. The lowest BCUT2D eigenvalue weighted by Gasteiger charge is -2.35. The van der Waals surface area contributed by atoms with E-state index in [2.05, 4.69) is 87.2 Å². The molecule has 3 rings (SSSR count). The van der Waals surface area contributed by atoms with Crippen LogP contribution in [0.1, 0.15) is 38.8 Å². The van der Waals surface area contributed by atoms with Crippen molar-refractivity contribution in [2.24, 2.45) is 0 Å². The molecular formula is C23H31NO2. The van der Waals surface area contributed by atoms with Gasteiger partial charge in [-0.25, -0.2) is 0 Å². The zero-order chi connectivity index (χ0) is 18.6. The molecule has 1 saturated heterocycles. The normalized spacial score (nSPS) is 21.5. The molecule has 3 heteroatoms. The third-order valence-corrected chi connectivity index (χ3v) is 5.24. The Hall–Kier alpha value is -1.84. The molecule has 1 fully saturated rings. The number of hydrogen-bond acceptors (Lipinski definition) is 3. The Bertz CT molecular complexity index is 671. The number of ether oxygens (including phenoxy) is 2. The maximum Gasteiger partial charge on any atom is 0.119 e. The standard InChI is InChI=1S/C23H31NO2/c1-18-16-24(17-19(2)26-18)14-15-25-22-12-10-21(11-13-22)23(3,4)20-8-6-5-7-9-20/h5-13,18-19H,14-17H2,1-4H3. The monoisotopic (exact) mass is 353 g/mol. The average molecular weight is 354 g/mol. The fourth-order valence-corrected chi connectivity index (χ4v) is 3.75. The first-order valence-electron chi connectivity index (χ1n) is 9.62. The highest BCUT2D eigenvalue weighted by molar-refractivity contribution is 5.39. The van der Waals surface area contributed by atoms with E-state index in [1.165, 1.54) is 11.1 Å². The van der Waals surface area contributed by atoms with E-state index >= 15 is 0 Å².